The summed E-state index contributed by atoms with van der Waals surface area (Å²) in [6.45, 7) is -0.0852. The average Bonchev–Trinajstić information content (AvgIpc) is 2.94. The van der Waals surface area contributed by atoms with Crippen molar-refractivity contribution in [2.75, 3.05) is 6.61 Å². The Labute approximate surface area is 95.2 Å². The van der Waals surface area contributed by atoms with E-state index in [1.807, 2.05) is 0 Å². The van der Waals surface area contributed by atoms with Gasteiger partial charge in [-0.05, 0) is 11.3 Å². The Morgan fingerprint density at radius 1 is 1.35 bits per heavy atom. The number of aliphatic hydroxyl groups is 1. The normalized spacial score (nSPS) is 23.6. The molecule has 0 saturated carbocycles. The van der Waals surface area contributed by atoms with E-state index >= 15 is 0 Å². The van der Waals surface area contributed by atoms with E-state index < -0.39 is 6.23 Å². The lowest BCUT2D eigenvalue weighted by atomic mass is 10.4. The third kappa shape index (κ3) is 1.54. The fraction of sp³-hybridized carbons (Fsp3) is 0.333. The second-order valence-electron chi connectivity index (χ2n) is 3.57. The summed E-state index contributed by atoms with van der Waals surface area (Å²) in [6.07, 6.45) is 4.27. The third-order valence-electron chi connectivity index (χ3n) is 2.52. The molecule has 2 N–H and O–H groups in total. The van der Waals surface area contributed by atoms with Gasteiger partial charge in [0.25, 0.3) is 5.88 Å². The van der Waals surface area contributed by atoms with Crippen molar-refractivity contribution in [2.24, 2.45) is 0 Å². The number of rotatable bonds is 2. The maximum Gasteiger partial charge on any atom is 0.262 e. The van der Waals surface area contributed by atoms with Gasteiger partial charge in [0, 0.05) is 0 Å². The molecule has 2 atom stereocenters. The first-order valence-electron chi connectivity index (χ1n) is 4.99. The topological polar surface area (TPSA) is 106 Å². The molecule has 8 nitrogen and oxygen atoms in total. The van der Waals surface area contributed by atoms with Crippen molar-refractivity contribution in [3.63, 3.8) is 0 Å². The molecule has 3 heterocycles. The molecule has 0 bridgehead atoms. The molecule has 2 aromatic rings. The molecule has 0 spiro atoms. The molecule has 8 heteroatoms. The molecule has 0 unspecified atom stereocenters. The Hall–Kier alpha value is -2.06. The summed E-state index contributed by atoms with van der Waals surface area (Å²) in [6, 6.07) is 0. The minimum Gasteiger partial charge on any atom is -0.491 e. The lowest BCUT2D eigenvalue weighted by molar-refractivity contribution is -0.00644. The lowest BCUT2D eigenvalue weighted by Gasteiger charge is -2.13. The Kier molecular flexibility index (Phi) is 2.23. The number of ether oxygens (including phenoxy) is 1. The van der Waals surface area contributed by atoms with Crippen molar-refractivity contribution in [3.8, 4) is 5.88 Å². The van der Waals surface area contributed by atoms with Crippen LogP contribution in [0.4, 0.5) is 0 Å². The van der Waals surface area contributed by atoms with Crippen LogP contribution in [0.2, 0.25) is 0 Å². The van der Waals surface area contributed by atoms with Crippen molar-refractivity contribution in [1.29, 1.82) is 0 Å². The molecular formula is C9H9N5O3. The summed E-state index contributed by atoms with van der Waals surface area (Å²) in [7, 11) is 0. The van der Waals surface area contributed by atoms with Gasteiger partial charge in [-0.1, -0.05) is 11.2 Å². The predicted molar refractivity (Wildman–Crippen MR) is 54.9 cm³/mol. The molecule has 0 fully saturated rings. The van der Waals surface area contributed by atoms with Gasteiger partial charge in [-0.15, -0.1) is 5.10 Å². The second kappa shape index (κ2) is 3.75. The van der Waals surface area contributed by atoms with Gasteiger partial charge in [0.15, 0.2) is 17.4 Å². The first-order valence-corrected chi connectivity index (χ1v) is 4.99. The average molecular weight is 235 g/mol. The number of aromatic hydroxyl groups is 1. The molecule has 0 aromatic carbocycles. The van der Waals surface area contributed by atoms with Crippen molar-refractivity contribution >= 4 is 11.2 Å². The molecule has 88 valence electrons. The lowest BCUT2D eigenvalue weighted by Crippen LogP contribution is -2.15. The van der Waals surface area contributed by atoms with Crippen LogP contribution >= 0.6 is 0 Å². The maximum absolute atomic E-state index is 9.44. The van der Waals surface area contributed by atoms with Crippen LogP contribution in [0.25, 0.3) is 11.2 Å². The molecule has 0 radical (unpaired) electrons. The quantitative estimate of drug-likeness (QED) is 0.667. The van der Waals surface area contributed by atoms with Gasteiger partial charge in [-0.25, -0.2) is 4.98 Å². The summed E-state index contributed by atoms with van der Waals surface area (Å²) in [5.41, 5.74) is 0.648. The zero-order valence-electron chi connectivity index (χ0n) is 8.63. The van der Waals surface area contributed by atoms with Crippen LogP contribution in [0.3, 0.4) is 0 Å². The fourth-order valence-corrected chi connectivity index (χ4v) is 1.70. The van der Waals surface area contributed by atoms with Crippen LogP contribution in [0.15, 0.2) is 18.5 Å². The number of hydrogen-bond donors (Lipinski definition) is 2. The fourth-order valence-electron chi connectivity index (χ4n) is 1.70. The molecule has 3 rings (SSSR count). The molecule has 2 aromatic heterocycles. The van der Waals surface area contributed by atoms with Crippen molar-refractivity contribution in [2.45, 2.75) is 12.3 Å². The van der Waals surface area contributed by atoms with Crippen molar-refractivity contribution in [1.82, 2.24) is 25.0 Å². The highest BCUT2D eigenvalue weighted by Crippen LogP contribution is 2.25. The highest BCUT2D eigenvalue weighted by atomic mass is 16.5. The van der Waals surface area contributed by atoms with Gasteiger partial charge in [-0.2, -0.15) is 0 Å². The highest BCUT2D eigenvalue weighted by Gasteiger charge is 2.22. The largest absolute Gasteiger partial charge is 0.491 e. The Balaban J connectivity index is 2.02. The first kappa shape index (κ1) is 10.1. The minimum atomic E-state index is -0.409. The minimum absolute atomic E-state index is 0.0852. The third-order valence-corrected chi connectivity index (χ3v) is 2.52. The van der Waals surface area contributed by atoms with Crippen LogP contribution in [0, 0.1) is 0 Å². The standard InChI is InChI=1S/C9H9N5O3/c15-3-5-1-2-6(17-5)14-4-10-7-8(14)11-13-12-9(7)16/h1-2,4-6,15H,3H2,(H,11,12,16)/t5-,6+/m0/s1. The SMILES string of the molecule is OC[C@@H]1C=C[C@H](n2cnc3c(O)nnnc32)O1. The number of nitrogens with zero attached hydrogens (tertiary/aromatic N) is 5. The van der Waals surface area contributed by atoms with E-state index in [0.29, 0.717) is 5.65 Å². The summed E-state index contributed by atoms with van der Waals surface area (Å²) in [5, 5.41) is 29.0. The van der Waals surface area contributed by atoms with Gasteiger partial charge in [-0.3, -0.25) is 4.57 Å². The first-order chi connectivity index (χ1) is 8.29. The monoisotopic (exact) mass is 235 g/mol. The Morgan fingerprint density at radius 3 is 3.00 bits per heavy atom. The number of aliphatic hydroxyl groups excluding tert-OH is 1. The Morgan fingerprint density at radius 2 is 2.24 bits per heavy atom. The van der Waals surface area contributed by atoms with Crippen LogP contribution in [-0.2, 0) is 4.74 Å². The van der Waals surface area contributed by atoms with Crippen molar-refractivity contribution < 1.29 is 14.9 Å². The van der Waals surface area contributed by atoms with Crippen LogP contribution in [0.1, 0.15) is 6.23 Å². The summed E-state index contributed by atoms with van der Waals surface area (Å²) >= 11 is 0. The number of imidazole rings is 1. The van der Waals surface area contributed by atoms with Crippen molar-refractivity contribution in [3.05, 3.63) is 18.5 Å². The van der Waals surface area contributed by atoms with E-state index in [4.69, 9.17) is 9.84 Å². The summed E-state index contributed by atoms with van der Waals surface area (Å²) in [5.74, 6) is -0.269. The molecule has 0 amide bonds. The molecule has 0 saturated heterocycles. The van der Waals surface area contributed by atoms with Gasteiger partial charge in [0.05, 0.1) is 12.9 Å². The van der Waals surface area contributed by atoms with Gasteiger partial charge >= 0.3 is 0 Å². The maximum atomic E-state index is 9.44. The number of aromatic nitrogens is 5. The predicted octanol–water partition coefficient (Wildman–Crippen LogP) is -0.627. The molecule has 0 aliphatic carbocycles. The second-order valence-corrected chi connectivity index (χ2v) is 3.57. The van der Waals surface area contributed by atoms with E-state index in [9.17, 15) is 5.11 Å². The van der Waals surface area contributed by atoms with E-state index in [0.717, 1.165) is 0 Å². The van der Waals surface area contributed by atoms with Crippen LogP contribution in [-0.4, -0.2) is 47.9 Å². The summed E-state index contributed by atoms with van der Waals surface area (Å²) in [4.78, 5) is 3.99. The van der Waals surface area contributed by atoms with Crippen LogP contribution in [0.5, 0.6) is 5.88 Å². The highest BCUT2D eigenvalue weighted by molar-refractivity contribution is 5.75. The smallest absolute Gasteiger partial charge is 0.262 e. The van der Waals surface area contributed by atoms with Crippen LogP contribution < -0.4 is 0 Å². The molecule has 1 aliphatic heterocycles. The summed E-state index contributed by atoms with van der Waals surface area (Å²) < 4.78 is 7.10. The molecular weight excluding hydrogens is 226 g/mol. The van der Waals surface area contributed by atoms with E-state index in [-0.39, 0.29) is 24.1 Å². The van der Waals surface area contributed by atoms with E-state index in [1.165, 1.54) is 6.33 Å². The van der Waals surface area contributed by atoms with Gasteiger partial charge in [0.2, 0.25) is 0 Å². The number of fused-ring (bicyclic) bond motifs is 1. The molecule has 17 heavy (non-hydrogen) atoms. The Bertz CT molecular complexity index is 581. The zero-order valence-corrected chi connectivity index (χ0v) is 8.63. The molecule has 1 aliphatic rings. The van der Waals surface area contributed by atoms with Gasteiger partial charge < -0.3 is 14.9 Å². The van der Waals surface area contributed by atoms with E-state index in [2.05, 4.69) is 20.4 Å². The van der Waals surface area contributed by atoms with Gasteiger partial charge in [0.1, 0.15) is 6.10 Å². The zero-order chi connectivity index (χ0) is 11.8. The number of hydrogen-bond acceptors (Lipinski definition) is 7. The van der Waals surface area contributed by atoms with E-state index in [1.54, 1.807) is 16.7 Å².